The number of aromatic carboxylic acids is 1. The monoisotopic (exact) mass is 333 g/mol. The topological polar surface area (TPSA) is 40.5 Å². The smallest absolute Gasteiger partial charge is 0.335 e. The minimum Gasteiger partial charge on any atom is -0.478 e. The number of carbonyl (C=O) groups is 1. The van der Waals surface area contributed by atoms with Gasteiger partial charge in [0.2, 0.25) is 0 Å². The fourth-order valence-corrected chi connectivity index (χ4v) is 2.52. The van der Waals surface area contributed by atoms with Gasteiger partial charge in [0.1, 0.15) is 0 Å². The van der Waals surface area contributed by atoms with Gasteiger partial charge in [-0.15, -0.1) is 0 Å². The van der Waals surface area contributed by atoms with Gasteiger partial charge >= 0.3 is 5.97 Å². The number of carboxylic acid groups (broad SMARTS) is 1. The van der Waals surface area contributed by atoms with Gasteiger partial charge in [0.25, 0.3) is 0 Å². The lowest BCUT2D eigenvalue weighted by Gasteiger charge is -2.20. The minimum atomic E-state index is -0.913. The number of carboxylic acids is 1. The van der Waals surface area contributed by atoms with Gasteiger partial charge in [-0.1, -0.05) is 34.1 Å². The summed E-state index contributed by atoms with van der Waals surface area (Å²) in [6, 6.07) is 13.4. The summed E-state index contributed by atoms with van der Waals surface area (Å²) in [7, 11) is 2.02. The van der Waals surface area contributed by atoms with Gasteiger partial charge in [-0.05, 0) is 42.3 Å². The van der Waals surface area contributed by atoms with Gasteiger partial charge in [0.15, 0.2) is 0 Å². The zero-order valence-electron chi connectivity index (χ0n) is 11.4. The van der Waals surface area contributed by atoms with Crippen molar-refractivity contribution in [1.82, 2.24) is 0 Å². The average Bonchev–Trinajstić information content (AvgIpc) is 2.40. The molecule has 0 aliphatic rings. The third-order valence-electron chi connectivity index (χ3n) is 3.15. The van der Waals surface area contributed by atoms with Crippen LogP contribution in [0.3, 0.4) is 0 Å². The van der Waals surface area contributed by atoms with Crippen LogP contribution in [0, 0.1) is 6.92 Å². The van der Waals surface area contributed by atoms with Crippen molar-refractivity contribution in [3.63, 3.8) is 0 Å². The molecule has 2 aromatic rings. The van der Waals surface area contributed by atoms with Crippen LogP contribution in [-0.2, 0) is 6.54 Å². The van der Waals surface area contributed by atoms with Crippen molar-refractivity contribution >= 4 is 27.6 Å². The molecule has 0 unspecified atom stereocenters. The molecule has 0 radical (unpaired) electrons. The van der Waals surface area contributed by atoms with E-state index in [0.29, 0.717) is 12.1 Å². The van der Waals surface area contributed by atoms with Gasteiger partial charge in [-0.25, -0.2) is 4.79 Å². The summed E-state index contributed by atoms with van der Waals surface area (Å²) in [4.78, 5) is 13.0. The molecule has 0 bridgehead atoms. The Morgan fingerprint density at radius 3 is 2.60 bits per heavy atom. The minimum absolute atomic E-state index is 0.291. The summed E-state index contributed by atoms with van der Waals surface area (Å²) in [5.41, 5.74) is 3.70. The molecule has 0 fully saturated rings. The summed E-state index contributed by atoms with van der Waals surface area (Å²) in [5, 5.41) is 8.96. The summed E-state index contributed by atoms with van der Waals surface area (Å²) < 4.78 is 0.817. The van der Waals surface area contributed by atoms with E-state index in [1.807, 2.05) is 19.2 Å². The van der Waals surface area contributed by atoms with Gasteiger partial charge in [-0.2, -0.15) is 0 Å². The first-order valence-electron chi connectivity index (χ1n) is 6.27. The van der Waals surface area contributed by atoms with Crippen molar-refractivity contribution < 1.29 is 9.90 Å². The number of halogens is 1. The first-order chi connectivity index (χ1) is 9.47. The molecule has 2 aromatic carbocycles. The number of aryl methyl sites for hydroxylation is 1. The highest BCUT2D eigenvalue weighted by atomic mass is 79.9. The van der Waals surface area contributed by atoms with Crippen LogP contribution in [0.2, 0.25) is 0 Å². The maximum Gasteiger partial charge on any atom is 0.335 e. The average molecular weight is 334 g/mol. The van der Waals surface area contributed by atoms with Crippen LogP contribution in [0.4, 0.5) is 5.69 Å². The molecule has 0 aromatic heterocycles. The highest BCUT2D eigenvalue weighted by Gasteiger charge is 2.09. The highest BCUT2D eigenvalue weighted by molar-refractivity contribution is 9.10. The Labute approximate surface area is 127 Å². The zero-order chi connectivity index (χ0) is 14.7. The molecule has 3 nitrogen and oxygen atoms in total. The van der Waals surface area contributed by atoms with E-state index in [9.17, 15) is 4.79 Å². The number of benzene rings is 2. The van der Waals surface area contributed by atoms with Gasteiger partial charge in [-0.3, -0.25) is 0 Å². The molecule has 104 valence electrons. The van der Waals surface area contributed by atoms with E-state index in [1.165, 1.54) is 5.56 Å². The Hall–Kier alpha value is -1.81. The number of rotatable bonds is 4. The van der Waals surface area contributed by atoms with Crippen LogP contribution in [0.1, 0.15) is 21.5 Å². The first-order valence-corrected chi connectivity index (χ1v) is 7.06. The van der Waals surface area contributed by atoms with Crippen molar-refractivity contribution in [3.05, 3.63) is 63.6 Å². The molecule has 0 atom stereocenters. The van der Waals surface area contributed by atoms with Gasteiger partial charge in [0.05, 0.1) is 5.56 Å². The lowest BCUT2D eigenvalue weighted by Crippen LogP contribution is -2.16. The predicted octanol–water partition coefficient (Wildman–Crippen LogP) is 4.09. The molecule has 2 rings (SSSR count). The molecule has 1 N–H and O–H groups in total. The molecule has 0 saturated carbocycles. The van der Waals surface area contributed by atoms with Crippen LogP contribution in [0.25, 0.3) is 0 Å². The van der Waals surface area contributed by atoms with E-state index in [4.69, 9.17) is 5.11 Å². The van der Waals surface area contributed by atoms with E-state index in [0.717, 1.165) is 15.7 Å². The molecule has 0 aliphatic carbocycles. The Morgan fingerprint density at radius 1 is 1.25 bits per heavy atom. The van der Waals surface area contributed by atoms with Crippen molar-refractivity contribution in [2.24, 2.45) is 0 Å². The van der Waals surface area contributed by atoms with Crippen LogP contribution in [0.15, 0.2) is 46.9 Å². The van der Waals surface area contributed by atoms with Crippen LogP contribution >= 0.6 is 15.9 Å². The van der Waals surface area contributed by atoms with Gasteiger partial charge in [0, 0.05) is 23.8 Å². The molecule has 0 heterocycles. The first kappa shape index (κ1) is 14.6. The van der Waals surface area contributed by atoms with Crippen molar-refractivity contribution in [1.29, 1.82) is 0 Å². The quantitative estimate of drug-likeness (QED) is 0.915. The molecule has 0 saturated heterocycles. The number of nitrogens with zero attached hydrogens (tertiary/aromatic N) is 1. The van der Waals surface area contributed by atoms with E-state index >= 15 is 0 Å². The van der Waals surface area contributed by atoms with Crippen LogP contribution in [-0.4, -0.2) is 18.1 Å². The van der Waals surface area contributed by atoms with E-state index < -0.39 is 5.97 Å². The molecule has 0 aliphatic heterocycles. The molecule has 20 heavy (non-hydrogen) atoms. The standard InChI is InChI=1S/C16H16BrNO2/c1-11-4-3-5-14(8-11)18(2)10-13-7-6-12(16(19)20)9-15(13)17/h3-9H,10H2,1-2H3,(H,19,20). The summed E-state index contributed by atoms with van der Waals surface area (Å²) >= 11 is 3.44. The predicted molar refractivity (Wildman–Crippen MR) is 84.4 cm³/mol. The Balaban J connectivity index is 2.19. The maximum atomic E-state index is 10.9. The van der Waals surface area contributed by atoms with E-state index in [1.54, 1.807) is 12.1 Å². The lowest BCUT2D eigenvalue weighted by molar-refractivity contribution is 0.0697. The second kappa shape index (κ2) is 6.09. The SMILES string of the molecule is Cc1cccc(N(C)Cc2ccc(C(=O)O)cc2Br)c1. The van der Waals surface area contributed by atoms with E-state index in [2.05, 4.69) is 46.0 Å². The van der Waals surface area contributed by atoms with Crippen LogP contribution < -0.4 is 4.90 Å². The summed E-state index contributed by atoms with van der Waals surface area (Å²) in [6.07, 6.45) is 0. The largest absolute Gasteiger partial charge is 0.478 e. The lowest BCUT2D eigenvalue weighted by atomic mass is 10.1. The fraction of sp³-hybridized carbons (Fsp3) is 0.188. The highest BCUT2D eigenvalue weighted by Crippen LogP contribution is 2.23. The van der Waals surface area contributed by atoms with Crippen LogP contribution in [0.5, 0.6) is 0 Å². The maximum absolute atomic E-state index is 10.9. The third-order valence-corrected chi connectivity index (χ3v) is 3.89. The Kier molecular flexibility index (Phi) is 4.45. The molecule has 4 heteroatoms. The summed E-state index contributed by atoms with van der Waals surface area (Å²) in [6.45, 7) is 2.78. The second-order valence-electron chi connectivity index (χ2n) is 4.81. The molecular formula is C16H16BrNO2. The van der Waals surface area contributed by atoms with Gasteiger partial charge < -0.3 is 10.0 Å². The Bertz CT molecular complexity index is 640. The number of hydrogen-bond donors (Lipinski definition) is 1. The number of hydrogen-bond acceptors (Lipinski definition) is 2. The molecule has 0 spiro atoms. The normalized spacial score (nSPS) is 10.3. The summed E-state index contributed by atoms with van der Waals surface area (Å²) in [5.74, 6) is -0.913. The second-order valence-corrected chi connectivity index (χ2v) is 5.66. The van der Waals surface area contributed by atoms with Crippen molar-refractivity contribution in [2.45, 2.75) is 13.5 Å². The number of anilines is 1. The Morgan fingerprint density at radius 2 is 2.00 bits per heavy atom. The van der Waals surface area contributed by atoms with Crippen molar-refractivity contribution in [3.8, 4) is 0 Å². The zero-order valence-corrected chi connectivity index (χ0v) is 13.0. The third kappa shape index (κ3) is 3.39. The molecular weight excluding hydrogens is 318 g/mol. The van der Waals surface area contributed by atoms with E-state index in [-0.39, 0.29) is 0 Å². The molecule has 0 amide bonds. The van der Waals surface area contributed by atoms with Crippen molar-refractivity contribution in [2.75, 3.05) is 11.9 Å². The fourth-order valence-electron chi connectivity index (χ4n) is 2.02.